The third-order valence-electron chi connectivity index (χ3n) is 2.87. The Morgan fingerprint density at radius 1 is 1.11 bits per heavy atom. The van der Waals surface area contributed by atoms with Crippen molar-refractivity contribution < 1.29 is 9.36 Å². The van der Waals surface area contributed by atoms with Crippen LogP contribution in [0, 0.1) is 0 Å². The molecular weight excluding hydrogens is 224 g/mol. The van der Waals surface area contributed by atoms with Gasteiger partial charge < -0.3 is 5.73 Å². The van der Waals surface area contributed by atoms with Crippen LogP contribution in [0.15, 0.2) is 54.9 Å². The van der Waals surface area contributed by atoms with Gasteiger partial charge in [0.2, 0.25) is 0 Å². The predicted octanol–water partition coefficient (Wildman–Crippen LogP) is 1.71. The molecule has 0 aliphatic heterocycles. The van der Waals surface area contributed by atoms with Crippen LogP contribution in [0.4, 0.5) is 0 Å². The van der Waals surface area contributed by atoms with Gasteiger partial charge in [-0.1, -0.05) is 30.3 Å². The minimum absolute atomic E-state index is 0.382. The van der Waals surface area contributed by atoms with E-state index in [0.29, 0.717) is 5.56 Å². The molecule has 1 aromatic carbocycles. The van der Waals surface area contributed by atoms with Gasteiger partial charge in [-0.2, -0.15) is 0 Å². The van der Waals surface area contributed by atoms with E-state index in [2.05, 4.69) is 24.3 Å². The van der Waals surface area contributed by atoms with Gasteiger partial charge in [-0.25, -0.2) is 4.57 Å². The Bertz CT molecular complexity index is 523. The molecule has 1 amide bonds. The molecule has 0 fully saturated rings. The summed E-state index contributed by atoms with van der Waals surface area (Å²) in [5, 5.41) is 0. The standard InChI is InChI=1S/C15H16N2O/c16-15(18)14-9-5-11-17(12-14)10-4-8-13-6-2-1-3-7-13/h1-3,5-7,9,11-12H,4,8,10H2,(H-,16,18)/p+1. The summed E-state index contributed by atoms with van der Waals surface area (Å²) in [6.07, 6.45) is 5.83. The van der Waals surface area contributed by atoms with E-state index in [1.165, 1.54) is 5.56 Å². The smallest absolute Gasteiger partial charge is 0.254 e. The van der Waals surface area contributed by atoms with Crippen LogP contribution in [0.25, 0.3) is 0 Å². The molecule has 2 N–H and O–H groups in total. The zero-order valence-corrected chi connectivity index (χ0v) is 10.3. The number of primary amides is 1. The molecule has 0 atom stereocenters. The number of hydrogen-bond acceptors (Lipinski definition) is 1. The molecule has 3 heteroatoms. The molecule has 0 spiro atoms. The highest BCUT2D eigenvalue weighted by Gasteiger charge is 2.06. The first-order valence-corrected chi connectivity index (χ1v) is 6.08. The van der Waals surface area contributed by atoms with E-state index < -0.39 is 0 Å². The number of aryl methyl sites for hydroxylation is 2. The van der Waals surface area contributed by atoms with E-state index >= 15 is 0 Å². The van der Waals surface area contributed by atoms with Gasteiger partial charge in [0.05, 0.1) is 0 Å². The maximum Gasteiger partial charge on any atom is 0.254 e. The number of hydrogen-bond donors (Lipinski definition) is 1. The lowest BCUT2D eigenvalue weighted by atomic mass is 10.1. The normalized spacial score (nSPS) is 10.2. The van der Waals surface area contributed by atoms with Crippen LogP contribution in [0.5, 0.6) is 0 Å². The molecule has 3 nitrogen and oxygen atoms in total. The number of carbonyl (C=O) groups excluding carboxylic acids is 1. The SMILES string of the molecule is NC(=O)c1ccc[n+](CCCc2ccccc2)c1. The zero-order valence-electron chi connectivity index (χ0n) is 10.3. The minimum atomic E-state index is -0.382. The third kappa shape index (κ3) is 3.42. The number of amides is 1. The molecule has 2 aromatic rings. The Labute approximate surface area is 107 Å². The van der Waals surface area contributed by atoms with Gasteiger partial charge in [0.15, 0.2) is 12.4 Å². The largest absolute Gasteiger partial charge is 0.365 e. The summed E-state index contributed by atoms with van der Waals surface area (Å²) in [5.74, 6) is -0.382. The molecular formula is C15H17N2O+. The van der Waals surface area contributed by atoms with Gasteiger partial charge in [0.25, 0.3) is 5.91 Å². The molecule has 0 aliphatic rings. The summed E-state index contributed by atoms with van der Waals surface area (Å²) in [6.45, 7) is 0.885. The fourth-order valence-corrected chi connectivity index (χ4v) is 1.92. The monoisotopic (exact) mass is 241 g/mol. The summed E-state index contributed by atoms with van der Waals surface area (Å²) >= 11 is 0. The van der Waals surface area contributed by atoms with Gasteiger partial charge in [0, 0.05) is 12.5 Å². The van der Waals surface area contributed by atoms with Crippen LogP contribution in [-0.4, -0.2) is 5.91 Å². The van der Waals surface area contributed by atoms with Crippen molar-refractivity contribution in [1.82, 2.24) is 0 Å². The van der Waals surface area contributed by atoms with Crippen LogP contribution in [-0.2, 0) is 13.0 Å². The van der Waals surface area contributed by atoms with E-state index in [9.17, 15) is 4.79 Å². The molecule has 2 rings (SSSR count). The highest BCUT2D eigenvalue weighted by Crippen LogP contribution is 2.02. The van der Waals surface area contributed by atoms with Crippen molar-refractivity contribution in [3.8, 4) is 0 Å². The molecule has 0 unspecified atom stereocenters. The van der Waals surface area contributed by atoms with Gasteiger partial charge in [-0.05, 0) is 18.1 Å². The van der Waals surface area contributed by atoms with Gasteiger partial charge >= 0.3 is 0 Å². The fourth-order valence-electron chi connectivity index (χ4n) is 1.92. The van der Waals surface area contributed by atoms with E-state index in [4.69, 9.17) is 5.73 Å². The fraction of sp³-hybridized carbons (Fsp3) is 0.200. The minimum Gasteiger partial charge on any atom is -0.365 e. The average Bonchev–Trinajstić information content (AvgIpc) is 2.40. The lowest BCUT2D eigenvalue weighted by molar-refractivity contribution is -0.697. The molecule has 0 saturated carbocycles. The summed E-state index contributed by atoms with van der Waals surface area (Å²) in [6, 6.07) is 14.0. The first-order valence-electron chi connectivity index (χ1n) is 6.08. The maximum atomic E-state index is 11.1. The Kier molecular flexibility index (Phi) is 4.07. The van der Waals surface area contributed by atoms with E-state index in [-0.39, 0.29) is 5.91 Å². The van der Waals surface area contributed by atoms with E-state index in [0.717, 1.165) is 19.4 Å². The van der Waals surface area contributed by atoms with Crippen LogP contribution in [0.2, 0.25) is 0 Å². The van der Waals surface area contributed by atoms with Gasteiger partial charge in [-0.15, -0.1) is 0 Å². The Hall–Kier alpha value is -2.16. The molecule has 1 aromatic heterocycles. The third-order valence-corrected chi connectivity index (χ3v) is 2.87. The number of nitrogens with two attached hydrogens (primary N) is 1. The lowest BCUT2D eigenvalue weighted by Crippen LogP contribution is -2.34. The van der Waals surface area contributed by atoms with Crippen molar-refractivity contribution in [3.63, 3.8) is 0 Å². The average molecular weight is 241 g/mol. The molecule has 92 valence electrons. The molecule has 0 saturated heterocycles. The van der Waals surface area contributed by atoms with Crippen LogP contribution >= 0.6 is 0 Å². The Morgan fingerprint density at radius 3 is 2.61 bits per heavy atom. The first-order chi connectivity index (χ1) is 8.75. The summed E-state index contributed by atoms with van der Waals surface area (Å²) in [7, 11) is 0. The quantitative estimate of drug-likeness (QED) is 0.796. The maximum absolute atomic E-state index is 11.1. The van der Waals surface area contributed by atoms with Gasteiger partial charge in [-0.3, -0.25) is 4.79 Å². The molecule has 0 aliphatic carbocycles. The zero-order chi connectivity index (χ0) is 12.8. The second-order valence-electron chi connectivity index (χ2n) is 4.28. The summed E-state index contributed by atoms with van der Waals surface area (Å²) in [5.41, 5.74) is 7.14. The molecule has 1 heterocycles. The number of carbonyl (C=O) groups is 1. The van der Waals surface area contributed by atoms with Crippen molar-refractivity contribution in [2.24, 2.45) is 5.73 Å². The van der Waals surface area contributed by atoms with Crippen molar-refractivity contribution in [3.05, 3.63) is 66.0 Å². The van der Waals surface area contributed by atoms with E-state index in [1.807, 2.05) is 22.9 Å². The predicted molar refractivity (Wildman–Crippen MR) is 69.9 cm³/mol. The lowest BCUT2D eigenvalue weighted by Gasteiger charge is -2.00. The Morgan fingerprint density at radius 2 is 1.89 bits per heavy atom. The van der Waals surface area contributed by atoms with Crippen molar-refractivity contribution >= 4 is 5.91 Å². The van der Waals surface area contributed by atoms with Crippen molar-refractivity contribution in [1.29, 1.82) is 0 Å². The van der Waals surface area contributed by atoms with Crippen molar-refractivity contribution in [2.45, 2.75) is 19.4 Å². The topological polar surface area (TPSA) is 47.0 Å². The summed E-state index contributed by atoms with van der Waals surface area (Å²) < 4.78 is 2.00. The molecule has 0 bridgehead atoms. The Balaban J connectivity index is 1.90. The molecule has 0 radical (unpaired) electrons. The number of pyridine rings is 1. The van der Waals surface area contributed by atoms with E-state index in [1.54, 1.807) is 12.3 Å². The second kappa shape index (κ2) is 5.96. The molecule has 18 heavy (non-hydrogen) atoms. The highest BCUT2D eigenvalue weighted by molar-refractivity contribution is 5.92. The van der Waals surface area contributed by atoms with Gasteiger partial charge in [0.1, 0.15) is 12.1 Å². The van der Waals surface area contributed by atoms with Crippen LogP contribution in [0.3, 0.4) is 0 Å². The number of rotatable bonds is 5. The number of benzene rings is 1. The highest BCUT2D eigenvalue weighted by atomic mass is 16.1. The summed E-state index contributed by atoms with van der Waals surface area (Å²) in [4.78, 5) is 11.1. The number of nitrogens with zero attached hydrogens (tertiary/aromatic N) is 1. The number of aromatic nitrogens is 1. The first kappa shape index (κ1) is 12.3. The van der Waals surface area contributed by atoms with Crippen molar-refractivity contribution in [2.75, 3.05) is 0 Å². The second-order valence-corrected chi connectivity index (χ2v) is 4.28. The van der Waals surface area contributed by atoms with Crippen LogP contribution < -0.4 is 10.3 Å². The van der Waals surface area contributed by atoms with Crippen LogP contribution in [0.1, 0.15) is 22.3 Å².